The van der Waals surface area contributed by atoms with Gasteiger partial charge >= 0.3 is 0 Å². The molecule has 2 N–H and O–H groups in total. The van der Waals surface area contributed by atoms with Gasteiger partial charge in [0.25, 0.3) is 0 Å². The smallest absolute Gasteiger partial charge is 0.230 e. The third-order valence-electron chi connectivity index (χ3n) is 2.80. The summed E-state index contributed by atoms with van der Waals surface area (Å²) in [4.78, 5) is 4.09. The second kappa shape index (κ2) is 5.26. The van der Waals surface area contributed by atoms with Crippen LogP contribution >= 0.6 is 27.5 Å². The molecule has 0 saturated carbocycles. The maximum absolute atomic E-state index is 6.07. The molecule has 0 amide bonds. The second-order valence-corrected chi connectivity index (χ2v) is 5.52. The standard InChI is InChI=1S/C14H9BrClN3O/c15-10-4-9(5-11(16)6-10)13-12(14(17)20-19-13)8-2-1-3-18-7-8/h1-7H,17H2. The molecule has 0 aliphatic rings. The summed E-state index contributed by atoms with van der Waals surface area (Å²) in [6.07, 6.45) is 3.41. The first-order valence-electron chi connectivity index (χ1n) is 5.77. The van der Waals surface area contributed by atoms with E-state index in [0.29, 0.717) is 16.3 Å². The van der Waals surface area contributed by atoms with Crippen molar-refractivity contribution in [2.45, 2.75) is 0 Å². The van der Waals surface area contributed by atoms with Crippen molar-refractivity contribution in [2.24, 2.45) is 0 Å². The van der Waals surface area contributed by atoms with Crippen molar-refractivity contribution in [3.05, 3.63) is 52.2 Å². The Morgan fingerprint density at radius 2 is 2.05 bits per heavy atom. The predicted molar refractivity (Wildman–Crippen MR) is 82.3 cm³/mol. The summed E-state index contributed by atoms with van der Waals surface area (Å²) in [5.41, 5.74) is 8.91. The number of pyridine rings is 1. The van der Waals surface area contributed by atoms with E-state index in [4.69, 9.17) is 21.9 Å². The van der Waals surface area contributed by atoms with Crippen molar-refractivity contribution >= 4 is 33.4 Å². The van der Waals surface area contributed by atoms with Gasteiger partial charge in [-0.1, -0.05) is 38.8 Å². The Bertz CT molecular complexity index is 738. The number of anilines is 1. The second-order valence-electron chi connectivity index (χ2n) is 4.17. The van der Waals surface area contributed by atoms with Gasteiger partial charge in [0.15, 0.2) is 0 Å². The Morgan fingerprint density at radius 1 is 1.20 bits per heavy atom. The Morgan fingerprint density at radius 3 is 2.75 bits per heavy atom. The molecule has 0 unspecified atom stereocenters. The van der Waals surface area contributed by atoms with E-state index in [-0.39, 0.29) is 5.88 Å². The summed E-state index contributed by atoms with van der Waals surface area (Å²) in [5.74, 6) is 0.254. The van der Waals surface area contributed by atoms with Crippen LogP contribution in [-0.2, 0) is 0 Å². The monoisotopic (exact) mass is 349 g/mol. The Kier molecular flexibility index (Phi) is 3.46. The van der Waals surface area contributed by atoms with Crippen LogP contribution in [0.4, 0.5) is 5.88 Å². The topological polar surface area (TPSA) is 64.9 Å². The molecule has 20 heavy (non-hydrogen) atoms. The quantitative estimate of drug-likeness (QED) is 0.744. The fourth-order valence-electron chi connectivity index (χ4n) is 1.98. The van der Waals surface area contributed by atoms with Crippen LogP contribution in [-0.4, -0.2) is 10.1 Å². The fraction of sp³-hybridized carbons (Fsp3) is 0. The minimum atomic E-state index is 0.254. The van der Waals surface area contributed by atoms with E-state index in [1.165, 1.54) is 0 Å². The zero-order valence-electron chi connectivity index (χ0n) is 10.2. The summed E-state index contributed by atoms with van der Waals surface area (Å²) in [7, 11) is 0. The highest BCUT2D eigenvalue weighted by Crippen LogP contribution is 2.37. The molecule has 0 fully saturated rings. The van der Waals surface area contributed by atoms with Gasteiger partial charge in [0.05, 0.1) is 5.56 Å². The van der Waals surface area contributed by atoms with Crippen LogP contribution in [0.5, 0.6) is 0 Å². The van der Waals surface area contributed by atoms with Crippen LogP contribution in [0.15, 0.2) is 51.7 Å². The average Bonchev–Trinajstić information content (AvgIpc) is 2.80. The van der Waals surface area contributed by atoms with Gasteiger partial charge in [-0.3, -0.25) is 4.98 Å². The first kappa shape index (κ1) is 13.1. The molecule has 2 aromatic heterocycles. The number of hydrogen-bond donors (Lipinski definition) is 1. The Labute approximate surface area is 128 Å². The highest BCUT2D eigenvalue weighted by atomic mass is 79.9. The third kappa shape index (κ3) is 2.42. The van der Waals surface area contributed by atoms with E-state index in [1.807, 2.05) is 24.3 Å². The number of rotatable bonds is 2. The zero-order chi connectivity index (χ0) is 14.1. The number of nitrogens with zero attached hydrogens (tertiary/aromatic N) is 2. The summed E-state index contributed by atoms with van der Waals surface area (Å²) in [6, 6.07) is 9.25. The zero-order valence-corrected chi connectivity index (χ0v) is 12.5. The largest absolute Gasteiger partial charge is 0.367 e. The third-order valence-corrected chi connectivity index (χ3v) is 3.48. The van der Waals surface area contributed by atoms with Crippen molar-refractivity contribution in [2.75, 3.05) is 5.73 Å². The molecule has 6 heteroatoms. The number of aromatic nitrogens is 2. The van der Waals surface area contributed by atoms with Crippen LogP contribution in [0.1, 0.15) is 0 Å². The van der Waals surface area contributed by atoms with E-state index >= 15 is 0 Å². The average molecular weight is 351 g/mol. The summed E-state index contributed by atoms with van der Waals surface area (Å²) < 4.78 is 5.99. The van der Waals surface area contributed by atoms with Crippen LogP contribution in [0, 0.1) is 0 Å². The van der Waals surface area contributed by atoms with Crippen molar-refractivity contribution in [3.63, 3.8) is 0 Å². The van der Waals surface area contributed by atoms with Gasteiger partial charge in [0.1, 0.15) is 5.69 Å². The first-order valence-corrected chi connectivity index (χ1v) is 6.94. The van der Waals surface area contributed by atoms with Gasteiger partial charge in [0.2, 0.25) is 5.88 Å². The SMILES string of the molecule is Nc1onc(-c2cc(Cl)cc(Br)c2)c1-c1cccnc1. The molecular weight excluding hydrogens is 342 g/mol. The van der Waals surface area contributed by atoms with Crippen LogP contribution in [0.3, 0.4) is 0 Å². The molecule has 100 valence electrons. The molecule has 0 aliphatic carbocycles. The Balaban J connectivity index is 2.21. The minimum absolute atomic E-state index is 0.254. The lowest BCUT2D eigenvalue weighted by Gasteiger charge is -2.03. The molecule has 0 saturated heterocycles. The molecule has 3 aromatic rings. The highest BCUT2D eigenvalue weighted by Gasteiger charge is 2.18. The van der Waals surface area contributed by atoms with Gasteiger partial charge in [-0.2, -0.15) is 0 Å². The van der Waals surface area contributed by atoms with E-state index < -0.39 is 0 Å². The molecular formula is C14H9BrClN3O. The lowest BCUT2D eigenvalue weighted by Crippen LogP contribution is -1.88. The molecule has 0 spiro atoms. The minimum Gasteiger partial charge on any atom is -0.367 e. The fourth-order valence-corrected chi connectivity index (χ4v) is 2.84. The maximum Gasteiger partial charge on any atom is 0.230 e. The molecule has 0 aliphatic heterocycles. The van der Waals surface area contributed by atoms with Crippen molar-refractivity contribution in [1.29, 1.82) is 0 Å². The predicted octanol–water partition coefficient (Wildman–Crippen LogP) is 4.40. The van der Waals surface area contributed by atoms with E-state index in [1.54, 1.807) is 18.5 Å². The van der Waals surface area contributed by atoms with Gasteiger partial charge in [-0.25, -0.2) is 0 Å². The normalized spacial score (nSPS) is 10.7. The van der Waals surface area contributed by atoms with Crippen molar-refractivity contribution < 1.29 is 4.52 Å². The van der Waals surface area contributed by atoms with Crippen LogP contribution in [0.25, 0.3) is 22.4 Å². The van der Waals surface area contributed by atoms with Gasteiger partial charge < -0.3 is 10.3 Å². The number of nitrogen functional groups attached to an aromatic ring is 1. The first-order chi connectivity index (χ1) is 9.65. The van der Waals surface area contributed by atoms with Gasteiger partial charge in [-0.05, 0) is 24.3 Å². The lowest BCUT2D eigenvalue weighted by atomic mass is 10.0. The molecule has 3 rings (SSSR count). The van der Waals surface area contributed by atoms with E-state index in [9.17, 15) is 0 Å². The number of nitrogens with two attached hydrogens (primary N) is 1. The van der Waals surface area contributed by atoms with E-state index in [0.717, 1.165) is 15.6 Å². The van der Waals surface area contributed by atoms with Crippen molar-refractivity contribution in [1.82, 2.24) is 10.1 Å². The van der Waals surface area contributed by atoms with Gasteiger partial charge in [0, 0.05) is 33.0 Å². The number of halogens is 2. The summed E-state index contributed by atoms with van der Waals surface area (Å²) >= 11 is 9.48. The van der Waals surface area contributed by atoms with Crippen LogP contribution < -0.4 is 5.73 Å². The number of benzene rings is 1. The van der Waals surface area contributed by atoms with Crippen molar-refractivity contribution in [3.8, 4) is 22.4 Å². The molecule has 2 heterocycles. The summed E-state index contributed by atoms with van der Waals surface area (Å²) in [6.45, 7) is 0. The molecule has 4 nitrogen and oxygen atoms in total. The highest BCUT2D eigenvalue weighted by molar-refractivity contribution is 9.10. The lowest BCUT2D eigenvalue weighted by molar-refractivity contribution is 0.439. The van der Waals surface area contributed by atoms with E-state index in [2.05, 4.69) is 26.1 Å². The number of hydrogen-bond acceptors (Lipinski definition) is 4. The van der Waals surface area contributed by atoms with Crippen LogP contribution in [0.2, 0.25) is 5.02 Å². The molecule has 0 radical (unpaired) electrons. The van der Waals surface area contributed by atoms with Gasteiger partial charge in [-0.15, -0.1) is 0 Å². The molecule has 1 aromatic carbocycles. The summed E-state index contributed by atoms with van der Waals surface area (Å²) in [5, 5.41) is 4.64. The maximum atomic E-state index is 6.07. The Hall–Kier alpha value is -1.85. The molecule has 0 atom stereocenters. The molecule has 0 bridgehead atoms.